The number of methoxy groups -OCH3 is 2. The van der Waals surface area contributed by atoms with Crippen LogP contribution in [0.3, 0.4) is 0 Å². The van der Waals surface area contributed by atoms with Gasteiger partial charge < -0.3 is 14.3 Å². The number of hydrogen-bond donors (Lipinski definition) is 0. The Kier molecular flexibility index (Phi) is 4.09. The maximum absolute atomic E-state index is 11.8. The van der Waals surface area contributed by atoms with Gasteiger partial charge in [-0.2, -0.15) is 0 Å². The van der Waals surface area contributed by atoms with Gasteiger partial charge in [-0.15, -0.1) is 0 Å². The van der Waals surface area contributed by atoms with E-state index in [1.54, 1.807) is 7.11 Å². The first kappa shape index (κ1) is 13.9. The largest absolute Gasteiger partial charge is 0.497 e. The Morgan fingerprint density at radius 1 is 1.42 bits per heavy atom. The number of halogens is 1. The molecule has 6 heteroatoms. The molecule has 1 aromatic carbocycles. The summed E-state index contributed by atoms with van der Waals surface area (Å²) in [6.45, 7) is 0. The first-order chi connectivity index (χ1) is 9.15. The van der Waals surface area contributed by atoms with Gasteiger partial charge >= 0.3 is 5.97 Å². The predicted molar refractivity (Wildman–Crippen MR) is 73.8 cm³/mol. The summed E-state index contributed by atoms with van der Waals surface area (Å²) in [7, 11) is 2.94. The molecule has 1 heterocycles. The minimum Gasteiger partial charge on any atom is -0.497 e. The van der Waals surface area contributed by atoms with E-state index in [1.807, 2.05) is 24.3 Å². The average Bonchev–Trinajstić information content (AvgIpc) is 2.92. The van der Waals surface area contributed by atoms with Crippen LogP contribution >= 0.6 is 15.9 Å². The van der Waals surface area contributed by atoms with Crippen LogP contribution in [0, 0.1) is 0 Å². The van der Waals surface area contributed by atoms with Gasteiger partial charge in [-0.3, -0.25) is 0 Å². The van der Waals surface area contributed by atoms with E-state index < -0.39 is 11.6 Å². The molecule has 0 saturated heterocycles. The summed E-state index contributed by atoms with van der Waals surface area (Å²) >= 11 is 3.28. The number of oxime groups is 1. The fourth-order valence-electron chi connectivity index (χ4n) is 1.84. The summed E-state index contributed by atoms with van der Waals surface area (Å²) < 4.78 is 9.86. The van der Waals surface area contributed by atoms with Gasteiger partial charge in [-0.05, 0) is 29.8 Å². The second-order valence-corrected chi connectivity index (χ2v) is 4.71. The van der Waals surface area contributed by atoms with Crippen molar-refractivity contribution in [3.63, 3.8) is 0 Å². The number of hydrogen-bond acceptors (Lipinski definition) is 5. The molecule has 0 aliphatic carbocycles. The van der Waals surface area contributed by atoms with E-state index in [0.717, 1.165) is 11.3 Å². The predicted octanol–water partition coefficient (Wildman–Crippen LogP) is 2.13. The summed E-state index contributed by atoms with van der Waals surface area (Å²) in [6, 6.07) is 7.43. The topological polar surface area (TPSA) is 57.1 Å². The van der Waals surface area contributed by atoms with Gasteiger partial charge in [0.1, 0.15) is 5.75 Å². The Balaban J connectivity index is 2.18. The van der Waals surface area contributed by atoms with E-state index in [1.165, 1.54) is 7.11 Å². The number of carbonyl (C=O) groups excluding carboxylic acids is 1. The first-order valence-electron chi connectivity index (χ1n) is 5.69. The number of rotatable bonds is 4. The Labute approximate surface area is 119 Å². The Bertz CT molecular complexity index is 500. The average molecular weight is 328 g/mol. The molecule has 0 saturated carbocycles. The Morgan fingerprint density at radius 3 is 2.63 bits per heavy atom. The van der Waals surface area contributed by atoms with E-state index in [4.69, 9.17) is 14.3 Å². The highest BCUT2D eigenvalue weighted by molar-refractivity contribution is 9.09. The molecule has 5 nitrogen and oxygen atoms in total. The molecule has 0 radical (unpaired) electrons. The second kappa shape index (κ2) is 5.61. The quantitative estimate of drug-likeness (QED) is 0.628. The molecule has 0 spiro atoms. The third-order valence-corrected chi connectivity index (χ3v) is 3.89. The number of alkyl halides is 1. The summed E-state index contributed by atoms with van der Waals surface area (Å²) in [6.07, 6.45) is 0.372. The maximum Gasteiger partial charge on any atom is 0.354 e. The molecule has 1 aliphatic rings. The van der Waals surface area contributed by atoms with Crippen LogP contribution in [-0.2, 0) is 14.4 Å². The highest BCUT2D eigenvalue weighted by Gasteiger charge is 2.47. The zero-order valence-electron chi connectivity index (χ0n) is 10.7. The highest BCUT2D eigenvalue weighted by Crippen LogP contribution is 2.30. The molecule has 0 aromatic heterocycles. The lowest BCUT2D eigenvalue weighted by molar-refractivity contribution is -0.163. The normalized spacial score (nSPS) is 21.5. The molecular weight excluding hydrogens is 314 g/mol. The molecule has 0 fully saturated rings. The van der Waals surface area contributed by atoms with Gasteiger partial charge in [0, 0.05) is 6.42 Å². The fourth-order valence-corrected chi connectivity index (χ4v) is 2.37. The van der Waals surface area contributed by atoms with Crippen molar-refractivity contribution in [2.75, 3.05) is 19.5 Å². The fraction of sp³-hybridized carbons (Fsp3) is 0.385. The molecule has 1 aliphatic heterocycles. The number of ether oxygens (including phenoxy) is 2. The van der Waals surface area contributed by atoms with Crippen molar-refractivity contribution in [2.45, 2.75) is 12.0 Å². The van der Waals surface area contributed by atoms with Crippen LogP contribution in [0.4, 0.5) is 0 Å². The van der Waals surface area contributed by atoms with Gasteiger partial charge in [0.15, 0.2) is 0 Å². The standard InChI is InChI=1S/C13H14BrNO4/c1-17-10-5-3-9(4-6-10)11-7-13(8-14,19-15-11)12(16)18-2/h3-6H,7-8H2,1-2H3. The summed E-state index contributed by atoms with van der Waals surface area (Å²) in [5.74, 6) is 0.333. The van der Waals surface area contributed by atoms with E-state index >= 15 is 0 Å². The number of benzene rings is 1. The SMILES string of the molecule is COC(=O)C1(CBr)CC(c2ccc(OC)cc2)=NO1. The Morgan fingerprint density at radius 2 is 2.11 bits per heavy atom. The third-order valence-electron chi connectivity index (χ3n) is 2.98. The van der Waals surface area contributed by atoms with Crippen molar-refractivity contribution in [1.82, 2.24) is 0 Å². The number of carbonyl (C=O) groups is 1. The highest BCUT2D eigenvalue weighted by atomic mass is 79.9. The lowest BCUT2D eigenvalue weighted by Crippen LogP contribution is -2.41. The van der Waals surface area contributed by atoms with Crippen molar-refractivity contribution >= 4 is 27.6 Å². The van der Waals surface area contributed by atoms with Gasteiger partial charge in [0.2, 0.25) is 5.60 Å². The van der Waals surface area contributed by atoms with Gasteiger partial charge in [0.05, 0.1) is 25.3 Å². The number of nitrogens with zero attached hydrogens (tertiary/aromatic N) is 1. The smallest absolute Gasteiger partial charge is 0.354 e. The lowest BCUT2D eigenvalue weighted by Gasteiger charge is -2.20. The third kappa shape index (κ3) is 2.58. The molecule has 102 valence electrons. The van der Waals surface area contributed by atoms with Crippen molar-refractivity contribution in [2.24, 2.45) is 5.16 Å². The van der Waals surface area contributed by atoms with E-state index in [-0.39, 0.29) is 0 Å². The van der Waals surface area contributed by atoms with Crippen LogP contribution in [0.2, 0.25) is 0 Å². The molecule has 0 amide bonds. The number of esters is 1. The van der Waals surface area contributed by atoms with Gasteiger partial charge in [-0.1, -0.05) is 21.1 Å². The van der Waals surface area contributed by atoms with Crippen molar-refractivity contribution < 1.29 is 19.1 Å². The molecule has 1 atom stereocenters. The van der Waals surface area contributed by atoms with Crippen LogP contribution in [0.5, 0.6) is 5.75 Å². The van der Waals surface area contributed by atoms with Crippen LogP contribution < -0.4 is 4.74 Å². The van der Waals surface area contributed by atoms with E-state index in [2.05, 4.69) is 21.1 Å². The molecule has 0 bridgehead atoms. The van der Waals surface area contributed by atoms with Crippen LogP contribution in [0.15, 0.2) is 29.4 Å². The first-order valence-corrected chi connectivity index (χ1v) is 6.81. The molecule has 0 N–H and O–H groups in total. The lowest BCUT2D eigenvalue weighted by atomic mass is 9.96. The summed E-state index contributed by atoms with van der Waals surface area (Å²) in [5, 5.41) is 4.33. The summed E-state index contributed by atoms with van der Waals surface area (Å²) in [4.78, 5) is 17.1. The van der Waals surface area contributed by atoms with Gasteiger partial charge in [-0.25, -0.2) is 4.79 Å². The summed E-state index contributed by atoms with van der Waals surface area (Å²) in [5.41, 5.74) is 0.546. The minimum absolute atomic E-state index is 0.329. The van der Waals surface area contributed by atoms with Gasteiger partial charge in [0.25, 0.3) is 0 Å². The molecule has 2 rings (SSSR count). The maximum atomic E-state index is 11.8. The molecule has 19 heavy (non-hydrogen) atoms. The molecule has 1 aromatic rings. The molecule has 1 unspecified atom stereocenters. The monoisotopic (exact) mass is 327 g/mol. The second-order valence-electron chi connectivity index (χ2n) is 4.15. The van der Waals surface area contributed by atoms with Crippen molar-refractivity contribution in [1.29, 1.82) is 0 Å². The zero-order chi connectivity index (χ0) is 13.9. The zero-order valence-corrected chi connectivity index (χ0v) is 12.3. The van der Waals surface area contributed by atoms with Crippen LogP contribution in [0.1, 0.15) is 12.0 Å². The Hall–Kier alpha value is -1.56. The molecular formula is C13H14BrNO4. The minimum atomic E-state index is -1.07. The van der Waals surface area contributed by atoms with E-state index in [0.29, 0.717) is 17.5 Å². The van der Waals surface area contributed by atoms with E-state index in [9.17, 15) is 4.79 Å². The van der Waals surface area contributed by atoms with Crippen molar-refractivity contribution in [3.05, 3.63) is 29.8 Å². The van der Waals surface area contributed by atoms with Crippen molar-refractivity contribution in [3.8, 4) is 5.75 Å². The van der Waals surface area contributed by atoms with Crippen LogP contribution in [0.25, 0.3) is 0 Å². The van der Waals surface area contributed by atoms with Crippen LogP contribution in [-0.4, -0.2) is 36.8 Å².